The quantitative estimate of drug-likeness (QED) is 0.318. The maximum Gasteiger partial charge on any atom is 0.243 e. The third-order valence-electron chi connectivity index (χ3n) is 6.70. The molecule has 0 aliphatic carbocycles. The predicted octanol–water partition coefficient (Wildman–Crippen LogP) is 6.47. The number of halogens is 1. The first-order valence-corrected chi connectivity index (χ1v) is 13.5. The van der Waals surface area contributed by atoms with Gasteiger partial charge in [-0.15, -0.1) is 0 Å². The lowest BCUT2D eigenvalue weighted by Gasteiger charge is -2.32. The van der Waals surface area contributed by atoms with Crippen LogP contribution >= 0.6 is 0 Å². The molecule has 0 saturated heterocycles. The summed E-state index contributed by atoms with van der Waals surface area (Å²) in [7, 11) is 0. The van der Waals surface area contributed by atoms with E-state index in [1.807, 2.05) is 44.2 Å². The number of benzene rings is 3. The zero-order chi connectivity index (χ0) is 27.7. The number of amides is 2. The number of carbonyl (C=O) groups excluding carboxylic acids is 2. The molecular weight excluding hydrogens is 475 g/mol. The van der Waals surface area contributed by atoms with Crippen molar-refractivity contribution < 1.29 is 14.0 Å². The van der Waals surface area contributed by atoms with Crippen LogP contribution in [0.25, 0.3) is 0 Å². The number of rotatable bonds is 11. The molecule has 0 radical (unpaired) electrons. The largest absolute Gasteiger partial charge is 0.354 e. The van der Waals surface area contributed by atoms with Crippen molar-refractivity contribution in [1.29, 1.82) is 0 Å². The van der Waals surface area contributed by atoms with Crippen molar-refractivity contribution in [3.05, 3.63) is 107 Å². The number of hydrogen-bond donors (Lipinski definition) is 1. The van der Waals surface area contributed by atoms with Crippen LogP contribution in [-0.2, 0) is 34.4 Å². The molecule has 0 heterocycles. The van der Waals surface area contributed by atoms with Gasteiger partial charge in [0.2, 0.25) is 11.8 Å². The van der Waals surface area contributed by atoms with E-state index < -0.39 is 6.04 Å². The van der Waals surface area contributed by atoms with Crippen LogP contribution in [0.1, 0.15) is 63.3 Å². The lowest BCUT2D eigenvalue weighted by molar-refractivity contribution is -0.141. The molecule has 1 N–H and O–H groups in total. The van der Waals surface area contributed by atoms with E-state index in [4.69, 9.17) is 0 Å². The minimum absolute atomic E-state index is 0.0288. The van der Waals surface area contributed by atoms with Gasteiger partial charge >= 0.3 is 0 Å². The van der Waals surface area contributed by atoms with Crippen molar-refractivity contribution in [1.82, 2.24) is 10.2 Å². The molecule has 0 unspecified atom stereocenters. The van der Waals surface area contributed by atoms with Gasteiger partial charge in [-0.25, -0.2) is 4.39 Å². The molecule has 4 nitrogen and oxygen atoms in total. The lowest BCUT2D eigenvalue weighted by Crippen LogP contribution is -2.51. The highest BCUT2D eigenvalue weighted by Crippen LogP contribution is 2.23. The monoisotopic (exact) mass is 516 g/mol. The molecule has 3 aromatic rings. The Balaban J connectivity index is 1.88. The highest BCUT2D eigenvalue weighted by atomic mass is 19.1. The smallest absolute Gasteiger partial charge is 0.243 e. The molecule has 3 rings (SSSR count). The van der Waals surface area contributed by atoms with E-state index in [-0.39, 0.29) is 41.9 Å². The number of carbonyl (C=O) groups is 2. The maximum atomic E-state index is 14.7. The molecule has 0 aliphatic heterocycles. The summed E-state index contributed by atoms with van der Waals surface area (Å²) < 4.78 is 14.7. The van der Waals surface area contributed by atoms with E-state index in [0.29, 0.717) is 24.9 Å². The fourth-order valence-electron chi connectivity index (χ4n) is 4.35. The van der Waals surface area contributed by atoms with Crippen LogP contribution in [0.2, 0.25) is 0 Å². The van der Waals surface area contributed by atoms with Crippen molar-refractivity contribution in [3.63, 3.8) is 0 Å². The lowest BCUT2D eigenvalue weighted by atomic mass is 9.86. The zero-order valence-electron chi connectivity index (χ0n) is 23.3. The molecule has 5 heteroatoms. The average Bonchev–Trinajstić information content (AvgIpc) is 2.89. The van der Waals surface area contributed by atoms with Crippen LogP contribution in [0, 0.1) is 11.7 Å². The highest BCUT2D eigenvalue weighted by Gasteiger charge is 2.30. The second-order valence-electron chi connectivity index (χ2n) is 11.4. The van der Waals surface area contributed by atoms with Gasteiger partial charge in [-0.3, -0.25) is 9.59 Å². The minimum atomic E-state index is -0.758. The van der Waals surface area contributed by atoms with Crippen molar-refractivity contribution in [2.45, 2.75) is 71.9 Å². The first-order valence-electron chi connectivity index (χ1n) is 13.5. The molecule has 0 aliphatic rings. The minimum Gasteiger partial charge on any atom is -0.354 e. The predicted molar refractivity (Wildman–Crippen MR) is 152 cm³/mol. The van der Waals surface area contributed by atoms with Crippen LogP contribution in [0.3, 0.4) is 0 Å². The average molecular weight is 517 g/mol. The summed E-state index contributed by atoms with van der Waals surface area (Å²) in [6.45, 7) is 11.1. The van der Waals surface area contributed by atoms with E-state index >= 15 is 0 Å². The Morgan fingerprint density at radius 1 is 0.868 bits per heavy atom. The summed E-state index contributed by atoms with van der Waals surface area (Å²) in [6, 6.07) is 23.7. The molecule has 0 spiro atoms. The Labute approximate surface area is 227 Å². The number of aryl methyl sites for hydroxylation is 1. The van der Waals surface area contributed by atoms with Crippen LogP contribution < -0.4 is 5.32 Å². The van der Waals surface area contributed by atoms with E-state index in [1.165, 1.54) is 11.6 Å². The van der Waals surface area contributed by atoms with Gasteiger partial charge in [0.15, 0.2) is 0 Å². The molecule has 1 atom stereocenters. The van der Waals surface area contributed by atoms with Gasteiger partial charge in [-0.05, 0) is 40.5 Å². The van der Waals surface area contributed by atoms with E-state index in [1.54, 1.807) is 23.1 Å². The third-order valence-corrected chi connectivity index (χ3v) is 6.70. The molecule has 0 aromatic heterocycles. The molecular formula is C33H41FN2O2. The zero-order valence-corrected chi connectivity index (χ0v) is 23.3. The number of nitrogens with zero attached hydrogens (tertiary/aromatic N) is 1. The van der Waals surface area contributed by atoms with Gasteiger partial charge in [0, 0.05) is 31.5 Å². The summed E-state index contributed by atoms with van der Waals surface area (Å²) in [6.07, 6.45) is 1.13. The molecule has 0 saturated carbocycles. The Kier molecular flexibility index (Phi) is 10.2. The summed E-state index contributed by atoms with van der Waals surface area (Å²) in [5.74, 6) is -0.511. The SMILES string of the molecule is CC(C)CNC(=O)[C@H](Cc1ccccc1)N(Cc1ccccc1F)C(=O)CCc1ccc(C(C)(C)C)cc1. The van der Waals surface area contributed by atoms with Crippen molar-refractivity contribution in [3.8, 4) is 0 Å². The maximum absolute atomic E-state index is 14.7. The normalized spacial score (nSPS) is 12.3. The van der Waals surface area contributed by atoms with Gasteiger partial charge in [0.25, 0.3) is 0 Å². The molecule has 2 amide bonds. The van der Waals surface area contributed by atoms with Gasteiger partial charge in [-0.2, -0.15) is 0 Å². The molecule has 0 fully saturated rings. The Hall–Kier alpha value is -3.47. The second-order valence-corrected chi connectivity index (χ2v) is 11.4. The summed E-state index contributed by atoms with van der Waals surface area (Å²) in [5, 5.41) is 3.01. The van der Waals surface area contributed by atoms with Crippen LogP contribution in [-0.4, -0.2) is 29.3 Å². The summed E-state index contributed by atoms with van der Waals surface area (Å²) in [5.41, 5.74) is 3.69. The first kappa shape index (κ1) is 29.1. The Bertz CT molecular complexity index is 1180. The van der Waals surface area contributed by atoms with Gasteiger partial charge in [-0.1, -0.05) is 107 Å². The van der Waals surface area contributed by atoms with Gasteiger partial charge in [0.05, 0.1) is 0 Å². The Morgan fingerprint density at radius 2 is 1.50 bits per heavy atom. The standard InChI is InChI=1S/C33H41FN2O2/c1-24(2)22-35-32(38)30(21-26-11-7-6-8-12-26)36(23-27-13-9-10-14-29(27)34)31(37)20-17-25-15-18-28(19-16-25)33(3,4)5/h6-16,18-19,24,30H,17,20-23H2,1-5H3,(H,35,38)/t30-/m0/s1. The number of nitrogens with one attached hydrogen (secondary N) is 1. The fraction of sp³-hybridized carbons (Fsp3) is 0.394. The second kappa shape index (κ2) is 13.4. The van der Waals surface area contributed by atoms with Crippen LogP contribution in [0.15, 0.2) is 78.9 Å². The Morgan fingerprint density at radius 3 is 2.11 bits per heavy atom. The van der Waals surface area contributed by atoms with Gasteiger partial charge < -0.3 is 10.2 Å². The van der Waals surface area contributed by atoms with E-state index in [2.05, 4.69) is 50.4 Å². The van der Waals surface area contributed by atoms with E-state index in [9.17, 15) is 14.0 Å². The van der Waals surface area contributed by atoms with Crippen molar-refractivity contribution in [2.75, 3.05) is 6.54 Å². The molecule has 38 heavy (non-hydrogen) atoms. The molecule has 3 aromatic carbocycles. The molecule has 202 valence electrons. The highest BCUT2D eigenvalue weighted by molar-refractivity contribution is 5.88. The van der Waals surface area contributed by atoms with Crippen molar-refractivity contribution in [2.24, 2.45) is 5.92 Å². The fourth-order valence-corrected chi connectivity index (χ4v) is 4.35. The van der Waals surface area contributed by atoms with Crippen LogP contribution in [0.4, 0.5) is 4.39 Å². The number of hydrogen-bond acceptors (Lipinski definition) is 2. The summed E-state index contributed by atoms with van der Waals surface area (Å²) in [4.78, 5) is 28.8. The van der Waals surface area contributed by atoms with Crippen LogP contribution in [0.5, 0.6) is 0 Å². The van der Waals surface area contributed by atoms with E-state index in [0.717, 1.165) is 11.1 Å². The topological polar surface area (TPSA) is 49.4 Å². The van der Waals surface area contributed by atoms with Gasteiger partial charge in [0.1, 0.15) is 11.9 Å². The third kappa shape index (κ3) is 8.54. The first-order chi connectivity index (χ1) is 18.0. The summed E-state index contributed by atoms with van der Waals surface area (Å²) >= 11 is 0. The van der Waals surface area contributed by atoms with Crippen molar-refractivity contribution >= 4 is 11.8 Å². The molecule has 0 bridgehead atoms.